The minimum Gasteiger partial charge on any atom is -0.480 e. The zero-order chi connectivity index (χ0) is 14.7. The fourth-order valence-corrected chi connectivity index (χ4v) is 4.13. The first-order chi connectivity index (χ1) is 9.58. The fraction of sp³-hybridized carbons (Fsp3) is 0.846. The fourth-order valence-electron chi connectivity index (χ4n) is 2.79. The molecule has 2 saturated heterocycles. The van der Waals surface area contributed by atoms with E-state index in [-0.39, 0.29) is 17.5 Å². The van der Waals surface area contributed by atoms with Crippen LogP contribution in [0.4, 0.5) is 4.79 Å². The molecular formula is C13H22N2O4S. The number of hydrogen-bond acceptors (Lipinski definition) is 4. The molecule has 0 bridgehead atoms. The van der Waals surface area contributed by atoms with Crippen LogP contribution in [0.3, 0.4) is 0 Å². The molecule has 2 heterocycles. The van der Waals surface area contributed by atoms with Gasteiger partial charge in [-0.05, 0) is 19.3 Å². The summed E-state index contributed by atoms with van der Waals surface area (Å²) in [5.74, 6) is -0.441. The van der Waals surface area contributed by atoms with E-state index < -0.39 is 12.0 Å². The van der Waals surface area contributed by atoms with Gasteiger partial charge < -0.3 is 14.7 Å². The summed E-state index contributed by atoms with van der Waals surface area (Å²) in [6, 6.07) is -0.864. The average Bonchev–Trinajstić information content (AvgIpc) is 2.90. The molecule has 0 aliphatic carbocycles. The maximum Gasteiger partial charge on any atom is 0.327 e. The first-order valence-electron chi connectivity index (χ1n) is 7.03. The number of ether oxygens (including phenoxy) is 1. The molecule has 0 aromatic heterocycles. The normalized spacial score (nSPS) is 30.6. The SMILES string of the molecule is CCC1SCC(C(=O)O)N1C(=O)N1CCCC(OC)C1. The Morgan fingerprint density at radius 3 is 2.80 bits per heavy atom. The molecule has 0 spiro atoms. The summed E-state index contributed by atoms with van der Waals surface area (Å²) in [6.07, 6.45) is 2.68. The topological polar surface area (TPSA) is 70.1 Å². The lowest BCUT2D eigenvalue weighted by Crippen LogP contribution is -2.54. The Kier molecular flexibility index (Phi) is 5.15. The van der Waals surface area contributed by atoms with Crippen molar-refractivity contribution in [3.05, 3.63) is 0 Å². The number of carbonyl (C=O) groups is 2. The number of piperidine rings is 1. The smallest absolute Gasteiger partial charge is 0.327 e. The van der Waals surface area contributed by atoms with Gasteiger partial charge in [0.25, 0.3) is 0 Å². The summed E-state index contributed by atoms with van der Waals surface area (Å²) < 4.78 is 5.33. The van der Waals surface area contributed by atoms with Crippen LogP contribution in [0.25, 0.3) is 0 Å². The zero-order valence-corrected chi connectivity index (χ0v) is 12.8. The number of likely N-dealkylation sites (tertiary alicyclic amines) is 1. The van der Waals surface area contributed by atoms with E-state index in [0.29, 0.717) is 18.8 Å². The molecule has 20 heavy (non-hydrogen) atoms. The van der Waals surface area contributed by atoms with E-state index in [1.165, 1.54) is 0 Å². The number of thioether (sulfide) groups is 1. The summed E-state index contributed by atoms with van der Waals surface area (Å²) in [5, 5.41) is 9.26. The van der Waals surface area contributed by atoms with Crippen LogP contribution in [-0.4, -0.2) is 70.4 Å². The van der Waals surface area contributed by atoms with Gasteiger partial charge in [-0.1, -0.05) is 6.92 Å². The lowest BCUT2D eigenvalue weighted by atomic mass is 10.1. The second kappa shape index (κ2) is 6.67. The van der Waals surface area contributed by atoms with E-state index >= 15 is 0 Å². The highest BCUT2D eigenvalue weighted by Gasteiger charge is 2.43. The highest BCUT2D eigenvalue weighted by molar-refractivity contribution is 8.00. The second-order valence-electron chi connectivity index (χ2n) is 5.19. The maximum atomic E-state index is 12.7. The van der Waals surface area contributed by atoms with Crippen molar-refractivity contribution < 1.29 is 19.4 Å². The largest absolute Gasteiger partial charge is 0.480 e. The Morgan fingerprint density at radius 2 is 2.20 bits per heavy atom. The van der Waals surface area contributed by atoms with Crippen LogP contribution in [0.15, 0.2) is 0 Å². The van der Waals surface area contributed by atoms with Gasteiger partial charge in [0.1, 0.15) is 6.04 Å². The van der Waals surface area contributed by atoms with E-state index in [9.17, 15) is 14.7 Å². The first kappa shape index (κ1) is 15.4. The molecule has 6 nitrogen and oxygen atoms in total. The van der Waals surface area contributed by atoms with Crippen molar-refractivity contribution in [1.82, 2.24) is 9.80 Å². The molecule has 0 radical (unpaired) electrons. The van der Waals surface area contributed by atoms with Gasteiger partial charge in [0.15, 0.2) is 0 Å². The average molecular weight is 302 g/mol. The minimum absolute atomic E-state index is 0.0356. The summed E-state index contributed by atoms with van der Waals surface area (Å²) in [7, 11) is 1.65. The molecule has 2 amide bonds. The lowest BCUT2D eigenvalue weighted by Gasteiger charge is -2.37. The van der Waals surface area contributed by atoms with Crippen molar-refractivity contribution in [1.29, 1.82) is 0 Å². The van der Waals surface area contributed by atoms with Gasteiger partial charge in [0.2, 0.25) is 0 Å². The number of carbonyl (C=O) groups excluding carboxylic acids is 1. The van der Waals surface area contributed by atoms with E-state index in [4.69, 9.17) is 4.74 Å². The molecule has 7 heteroatoms. The highest BCUT2D eigenvalue weighted by atomic mass is 32.2. The van der Waals surface area contributed by atoms with Crippen LogP contribution in [0.5, 0.6) is 0 Å². The molecular weight excluding hydrogens is 280 g/mol. The molecule has 3 atom stereocenters. The molecule has 2 aliphatic heterocycles. The summed E-state index contributed by atoms with van der Waals surface area (Å²) in [5.41, 5.74) is 0. The van der Waals surface area contributed by atoms with Crippen LogP contribution < -0.4 is 0 Å². The van der Waals surface area contributed by atoms with Gasteiger partial charge in [-0.25, -0.2) is 9.59 Å². The number of carboxylic acid groups (broad SMARTS) is 1. The van der Waals surface area contributed by atoms with Crippen molar-refractivity contribution in [2.75, 3.05) is 26.0 Å². The monoisotopic (exact) mass is 302 g/mol. The standard InChI is InChI=1S/C13H22N2O4S/c1-3-11-15(10(8-20-11)12(16)17)13(18)14-6-4-5-9(7-14)19-2/h9-11H,3-8H2,1-2H3,(H,16,17). The minimum atomic E-state index is -0.915. The number of aliphatic carboxylic acids is 1. The molecule has 2 fully saturated rings. The highest BCUT2D eigenvalue weighted by Crippen LogP contribution is 2.32. The van der Waals surface area contributed by atoms with Gasteiger partial charge in [0.05, 0.1) is 11.5 Å². The zero-order valence-electron chi connectivity index (χ0n) is 11.9. The number of nitrogens with zero attached hydrogens (tertiary/aromatic N) is 2. The number of carboxylic acids is 1. The third-order valence-corrected chi connectivity index (χ3v) is 5.38. The third kappa shape index (κ3) is 3.03. The van der Waals surface area contributed by atoms with Gasteiger partial charge in [-0.15, -0.1) is 11.8 Å². The van der Waals surface area contributed by atoms with Crippen LogP contribution in [-0.2, 0) is 9.53 Å². The number of rotatable bonds is 3. The molecule has 0 aromatic rings. The van der Waals surface area contributed by atoms with Gasteiger partial charge in [0, 0.05) is 26.0 Å². The molecule has 2 rings (SSSR count). The van der Waals surface area contributed by atoms with E-state index in [1.54, 1.807) is 28.7 Å². The van der Waals surface area contributed by atoms with Crippen LogP contribution >= 0.6 is 11.8 Å². The Bertz CT molecular complexity index is 379. The van der Waals surface area contributed by atoms with Gasteiger partial charge in [-0.3, -0.25) is 4.90 Å². The van der Waals surface area contributed by atoms with Crippen molar-refractivity contribution in [3.8, 4) is 0 Å². The number of methoxy groups -OCH3 is 1. The first-order valence-corrected chi connectivity index (χ1v) is 8.07. The van der Waals surface area contributed by atoms with Gasteiger partial charge >= 0.3 is 12.0 Å². The Morgan fingerprint density at radius 1 is 1.45 bits per heavy atom. The number of urea groups is 1. The molecule has 3 unspecified atom stereocenters. The van der Waals surface area contributed by atoms with E-state index in [1.807, 2.05) is 6.92 Å². The van der Waals surface area contributed by atoms with Crippen molar-refractivity contribution in [3.63, 3.8) is 0 Å². The Hall–Kier alpha value is -0.950. The quantitative estimate of drug-likeness (QED) is 0.854. The van der Waals surface area contributed by atoms with Crippen LogP contribution in [0, 0.1) is 0 Å². The summed E-state index contributed by atoms with van der Waals surface area (Å²) >= 11 is 1.55. The number of amides is 2. The predicted octanol–water partition coefficient (Wildman–Crippen LogP) is 1.46. The van der Waals surface area contributed by atoms with Crippen LogP contribution in [0.1, 0.15) is 26.2 Å². The Labute approximate surface area is 123 Å². The van der Waals surface area contributed by atoms with Crippen molar-refractivity contribution in [2.45, 2.75) is 43.7 Å². The summed E-state index contributed by atoms with van der Waals surface area (Å²) in [6.45, 7) is 3.22. The summed E-state index contributed by atoms with van der Waals surface area (Å²) in [4.78, 5) is 27.3. The molecule has 1 N–H and O–H groups in total. The van der Waals surface area contributed by atoms with Crippen LogP contribution in [0.2, 0.25) is 0 Å². The van der Waals surface area contributed by atoms with Crippen molar-refractivity contribution >= 4 is 23.8 Å². The van der Waals surface area contributed by atoms with E-state index in [2.05, 4.69) is 0 Å². The molecule has 2 aliphatic rings. The number of hydrogen-bond donors (Lipinski definition) is 1. The second-order valence-corrected chi connectivity index (χ2v) is 6.40. The molecule has 0 saturated carbocycles. The maximum absolute atomic E-state index is 12.7. The third-order valence-electron chi connectivity index (χ3n) is 3.93. The molecule has 0 aromatic carbocycles. The van der Waals surface area contributed by atoms with Gasteiger partial charge in [-0.2, -0.15) is 0 Å². The Balaban J connectivity index is 2.10. The predicted molar refractivity (Wildman–Crippen MR) is 76.8 cm³/mol. The van der Waals surface area contributed by atoms with Crippen molar-refractivity contribution in [2.24, 2.45) is 0 Å². The van der Waals surface area contributed by atoms with E-state index in [0.717, 1.165) is 19.3 Å². The lowest BCUT2D eigenvalue weighted by molar-refractivity contribution is -0.141. The molecule has 114 valence electrons.